The van der Waals surface area contributed by atoms with E-state index in [-0.39, 0.29) is 18.0 Å². The first-order chi connectivity index (χ1) is 9.97. The first-order valence-corrected chi connectivity index (χ1v) is 8.25. The Hall–Kier alpha value is -1.26. The average molecular weight is 296 g/mol. The van der Waals surface area contributed by atoms with Crippen LogP contribution in [-0.4, -0.2) is 41.1 Å². The molecule has 0 bridgehead atoms. The van der Waals surface area contributed by atoms with Crippen LogP contribution in [0.25, 0.3) is 0 Å². The summed E-state index contributed by atoms with van der Waals surface area (Å²) in [4.78, 5) is 25.2. The molecule has 120 valence electrons. The highest BCUT2D eigenvalue weighted by molar-refractivity contribution is 5.75. The summed E-state index contributed by atoms with van der Waals surface area (Å²) in [5, 5.41) is 12.0. The topological polar surface area (TPSA) is 69.6 Å². The number of carboxylic acid groups (broad SMARTS) is 1. The van der Waals surface area contributed by atoms with E-state index in [1.807, 2.05) is 4.90 Å². The van der Waals surface area contributed by atoms with Crippen molar-refractivity contribution in [3.05, 3.63) is 0 Å². The maximum Gasteiger partial charge on any atom is 0.317 e. The minimum Gasteiger partial charge on any atom is -0.481 e. The predicted octanol–water partition coefficient (Wildman–Crippen LogP) is 2.71. The van der Waals surface area contributed by atoms with Crippen LogP contribution in [0.15, 0.2) is 0 Å². The van der Waals surface area contributed by atoms with E-state index < -0.39 is 5.97 Å². The van der Waals surface area contributed by atoms with E-state index in [1.165, 1.54) is 6.42 Å². The summed E-state index contributed by atoms with van der Waals surface area (Å²) >= 11 is 0. The number of carboxylic acids is 1. The molecule has 1 saturated carbocycles. The van der Waals surface area contributed by atoms with Crippen LogP contribution >= 0.6 is 0 Å². The number of carbonyl (C=O) groups is 2. The molecule has 1 aliphatic carbocycles. The number of urea groups is 1. The molecule has 21 heavy (non-hydrogen) atoms. The normalized spacial score (nSPS) is 30.2. The van der Waals surface area contributed by atoms with E-state index in [2.05, 4.69) is 19.2 Å². The van der Waals surface area contributed by atoms with E-state index in [0.29, 0.717) is 24.7 Å². The molecule has 1 aliphatic heterocycles. The summed E-state index contributed by atoms with van der Waals surface area (Å²) in [6.07, 6.45) is 5.38. The third-order valence-electron chi connectivity index (χ3n) is 5.11. The van der Waals surface area contributed by atoms with Crippen LogP contribution < -0.4 is 5.32 Å². The number of nitrogens with one attached hydrogen (secondary N) is 1. The van der Waals surface area contributed by atoms with Crippen LogP contribution in [0.2, 0.25) is 0 Å². The number of aliphatic carboxylic acids is 1. The van der Waals surface area contributed by atoms with Gasteiger partial charge in [0.25, 0.3) is 0 Å². The lowest BCUT2D eigenvalue weighted by Gasteiger charge is -2.24. The Kier molecular flexibility index (Phi) is 5.48. The van der Waals surface area contributed by atoms with Crippen molar-refractivity contribution in [2.24, 2.45) is 17.8 Å². The van der Waals surface area contributed by atoms with Gasteiger partial charge in [0, 0.05) is 19.1 Å². The third-order valence-corrected chi connectivity index (χ3v) is 5.11. The van der Waals surface area contributed by atoms with Gasteiger partial charge in [0.15, 0.2) is 0 Å². The smallest absolute Gasteiger partial charge is 0.317 e. The Bertz CT molecular complexity index is 384. The van der Waals surface area contributed by atoms with Crippen molar-refractivity contribution in [3.8, 4) is 0 Å². The second kappa shape index (κ2) is 7.14. The summed E-state index contributed by atoms with van der Waals surface area (Å²) < 4.78 is 0. The fraction of sp³-hybridized carbons (Fsp3) is 0.875. The zero-order chi connectivity index (χ0) is 15.4. The Morgan fingerprint density at radius 2 is 1.90 bits per heavy atom. The molecule has 1 saturated heterocycles. The van der Waals surface area contributed by atoms with Crippen molar-refractivity contribution in [3.63, 3.8) is 0 Å². The Balaban J connectivity index is 1.80. The van der Waals surface area contributed by atoms with Gasteiger partial charge in [-0.2, -0.15) is 0 Å². The zero-order valence-electron chi connectivity index (χ0n) is 13.2. The summed E-state index contributed by atoms with van der Waals surface area (Å²) in [7, 11) is 0. The minimum atomic E-state index is -0.735. The standard InChI is InChI=1S/C16H28N2O3/c1-11(2)12-4-3-8-18(9-7-12)16(21)17-14-6-5-13(10-14)15(19)20/h11-14H,3-10H2,1-2H3,(H,17,21)(H,19,20)/t12?,13-,14+/m1/s1. The van der Waals surface area contributed by atoms with E-state index in [0.717, 1.165) is 32.4 Å². The summed E-state index contributed by atoms with van der Waals surface area (Å²) in [5.74, 6) is 0.371. The lowest BCUT2D eigenvalue weighted by molar-refractivity contribution is -0.141. The number of likely N-dealkylation sites (tertiary alicyclic amines) is 1. The first-order valence-electron chi connectivity index (χ1n) is 8.25. The van der Waals surface area contributed by atoms with Crippen LogP contribution in [-0.2, 0) is 4.79 Å². The fourth-order valence-corrected chi connectivity index (χ4v) is 3.59. The van der Waals surface area contributed by atoms with Gasteiger partial charge < -0.3 is 15.3 Å². The molecule has 1 heterocycles. The highest BCUT2D eigenvalue weighted by Gasteiger charge is 2.31. The SMILES string of the molecule is CC(C)C1CCCN(C(=O)N[C@H]2CC[C@@H](C(=O)O)C2)CC1. The maximum absolute atomic E-state index is 12.3. The third kappa shape index (κ3) is 4.35. The average Bonchev–Trinajstić information content (AvgIpc) is 2.74. The van der Waals surface area contributed by atoms with Crippen molar-refractivity contribution >= 4 is 12.0 Å². The molecule has 2 rings (SSSR count). The zero-order valence-corrected chi connectivity index (χ0v) is 13.2. The number of nitrogens with zero attached hydrogens (tertiary/aromatic N) is 1. The van der Waals surface area contributed by atoms with Crippen molar-refractivity contribution < 1.29 is 14.7 Å². The van der Waals surface area contributed by atoms with Gasteiger partial charge in [-0.1, -0.05) is 13.8 Å². The number of amides is 2. The largest absolute Gasteiger partial charge is 0.481 e. The Labute approximate surface area is 127 Å². The summed E-state index contributed by atoms with van der Waals surface area (Å²) in [6, 6.07) is 0.0261. The molecule has 3 atom stereocenters. The van der Waals surface area contributed by atoms with Gasteiger partial charge in [0.05, 0.1) is 5.92 Å². The van der Waals surface area contributed by atoms with Crippen LogP contribution in [0.4, 0.5) is 4.79 Å². The van der Waals surface area contributed by atoms with E-state index in [1.54, 1.807) is 0 Å². The molecular weight excluding hydrogens is 268 g/mol. The predicted molar refractivity (Wildman–Crippen MR) is 81.0 cm³/mol. The molecule has 2 fully saturated rings. The molecule has 0 radical (unpaired) electrons. The number of hydrogen-bond acceptors (Lipinski definition) is 2. The molecule has 0 aromatic rings. The highest BCUT2D eigenvalue weighted by Crippen LogP contribution is 2.27. The van der Waals surface area contributed by atoms with Crippen molar-refractivity contribution in [2.45, 2.75) is 58.4 Å². The summed E-state index contributed by atoms with van der Waals surface area (Å²) in [5.41, 5.74) is 0. The van der Waals surface area contributed by atoms with Crippen molar-refractivity contribution in [1.29, 1.82) is 0 Å². The molecule has 2 amide bonds. The monoisotopic (exact) mass is 296 g/mol. The minimum absolute atomic E-state index is 0.00422. The second-order valence-electron chi connectivity index (χ2n) is 6.92. The molecule has 0 aromatic carbocycles. The van der Waals surface area contributed by atoms with Crippen molar-refractivity contribution in [1.82, 2.24) is 10.2 Å². The quantitative estimate of drug-likeness (QED) is 0.841. The Morgan fingerprint density at radius 3 is 2.52 bits per heavy atom. The molecule has 5 heteroatoms. The number of rotatable bonds is 3. The molecule has 5 nitrogen and oxygen atoms in total. The van der Waals surface area contributed by atoms with Crippen LogP contribution in [0.3, 0.4) is 0 Å². The van der Waals surface area contributed by atoms with Crippen LogP contribution in [0.1, 0.15) is 52.4 Å². The van der Waals surface area contributed by atoms with Gasteiger partial charge in [-0.3, -0.25) is 4.79 Å². The van der Waals surface area contributed by atoms with Crippen LogP contribution in [0, 0.1) is 17.8 Å². The van der Waals surface area contributed by atoms with Gasteiger partial charge in [-0.05, 0) is 50.4 Å². The van der Waals surface area contributed by atoms with Gasteiger partial charge >= 0.3 is 12.0 Å². The molecular formula is C16H28N2O3. The lowest BCUT2D eigenvalue weighted by atomic mass is 9.89. The van der Waals surface area contributed by atoms with Gasteiger partial charge in [0.2, 0.25) is 0 Å². The second-order valence-corrected chi connectivity index (χ2v) is 6.92. The van der Waals surface area contributed by atoms with E-state index in [9.17, 15) is 9.59 Å². The number of hydrogen-bond donors (Lipinski definition) is 2. The van der Waals surface area contributed by atoms with Gasteiger partial charge in [0.1, 0.15) is 0 Å². The van der Waals surface area contributed by atoms with Gasteiger partial charge in [-0.15, -0.1) is 0 Å². The lowest BCUT2D eigenvalue weighted by Crippen LogP contribution is -2.44. The Morgan fingerprint density at radius 1 is 1.14 bits per heavy atom. The van der Waals surface area contributed by atoms with Gasteiger partial charge in [-0.25, -0.2) is 4.79 Å². The fourth-order valence-electron chi connectivity index (χ4n) is 3.59. The molecule has 2 N–H and O–H groups in total. The molecule has 2 aliphatic rings. The summed E-state index contributed by atoms with van der Waals surface area (Å²) in [6.45, 7) is 6.16. The van der Waals surface area contributed by atoms with E-state index in [4.69, 9.17) is 5.11 Å². The van der Waals surface area contributed by atoms with Crippen molar-refractivity contribution in [2.75, 3.05) is 13.1 Å². The molecule has 0 spiro atoms. The molecule has 0 aromatic heterocycles. The highest BCUT2D eigenvalue weighted by atomic mass is 16.4. The molecule has 1 unspecified atom stereocenters. The number of carbonyl (C=O) groups excluding carboxylic acids is 1. The maximum atomic E-state index is 12.3. The van der Waals surface area contributed by atoms with Crippen LogP contribution in [0.5, 0.6) is 0 Å². The van der Waals surface area contributed by atoms with E-state index >= 15 is 0 Å². The first kappa shape index (κ1) is 16.1.